The van der Waals surface area contributed by atoms with Crippen LogP contribution in [0.4, 0.5) is 0 Å². The van der Waals surface area contributed by atoms with Gasteiger partial charge in [-0.15, -0.1) is 0 Å². The highest BCUT2D eigenvalue weighted by atomic mass is 16.5. The smallest absolute Gasteiger partial charge is 0.246 e. The number of carbonyl (C=O) groups is 1. The third-order valence-electron chi connectivity index (χ3n) is 4.55. The van der Waals surface area contributed by atoms with Crippen LogP contribution in [0.2, 0.25) is 0 Å². The van der Waals surface area contributed by atoms with Crippen molar-refractivity contribution in [2.45, 2.75) is 26.4 Å². The first-order valence-corrected chi connectivity index (χ1v) is 8.68. The fraction of sp³-hybridized carbons (Fsp3) is 0.526. The molecule has 3 rings (SSSR count). The van der Waals surface area contributed by atoms with Crippen molar-refractivity contribution in [2.24, 2.45) is 0 Å². The number of hydrogen-bond donors (Lipinski definition) is 0. The Morgan fingerprint density at radius 2 is 2.08 bits per heavy atom. The lowest BCUT2D eigenvalue weighted by Gasteiger charge is -2.31. The minimum absolute atomic E-state index is 0.0559. The van der Waals surface area contributed by atoms with E-state index < -0.39 is 0 Å². The second-order valence-electron chi connectivity index (χ2n) is 6.53. The lowest BCUT2D eigenvalue weighted by atomic mass is 10.1. The molecular formula is C19H26N2O3. The van der Waals surface area contributed by atoms with E-state index >= 15 is 0 Å². The molecule has 0 aliphatic carbocycles. The summed E-state index contributed by atoms with van der Waals surface area (Å²) in [5, 5.41) is 0. The highest BCUT2D eigenvalue weighted by molar-refractivity contribution is 5.92. The molecular weight excluding hydrogens is 304 g/mol. The van der Waals surface area contributed by atoms with E-state index in [1.807, 2.05) is 30.0 Å². The van der Waals surface area contributed by atoms with Gasteiger partial charge in [-0.05, 0) is 39.1 Å². The van der Waals surface area contributed by atoms with Crippen LogP contribution in [0.3, 0.4) is 0 Å². The van der Waals surface area contributed by atoms with Crippen molar-refractivity contribution < 1.29 is 14.3 Å². The summed E-state index contributed by atoms with van der Waals surface area (Å²) in [6.45, 7) is 8.04. The van der Waals surface area contributed by atoms with Gasteiger partial charge in [-0.25, -0.2) is 0 Å². The Bertz CT molecular complexity index is 634. The molecule has 0 saturated carbocycles. The van der Waals surface area contributed by atoms with E-state index in [2.05, 4.69) is 18.9 Å². The maximum Gasteiger partial charge on any atom is 0.246 e. The standard InChI is InChI=1S/C19H26N2O3/c1-4-23-17-13-16-11-14(2)24-18(16)12-15(17)5-6-19(22)21-9-7-20(3)8-10-21/h5-6,12-14H,4,7-11H2,1-3H3. The van der Waals surface area contributed by atoms with Gasteiger partial charge in [0.1, 0.15) is 17.6 Å². The van der Waals surface area contributed by atoms with Crippen molar-refractivity contribution in [1.29, 1.82) is 0 Å². The largest absolute Gasteiger partial charge is 0.493 e. The van der Waals surface area contributed by atoms with Gasteiger partial charge in [0.05, 0.1) is 6.61 Å². The van der Waals surface area contributed by atoms with Crippen LogP contribution >= 0.6 is 0 Å². The Balaban J connectivity index is 1.76. The van der Waals surface area contributed by atoms with Crippen LogP contribution in [0, 0.1) is 0 Å². The highest BCUT2D eigenvalue weighted by Crippen LogP contribution is 2.35. The molecule has 0 radical (unpaired) electrons. The number of nitrogens with zero attached hydrogens (tertiary/aromatic N) is 2. The van der Waals surface area contributed by atoms with Gasteiger partial charge in [-0.1, -0.05) is 0 Å². The summed E-state index contributed by atoms with van der Waals surface area (Å²) in [5.74, 6) is 1.77. The number of hydrogen-bond acceptors (Lipinski definition) is 4. The maximum atomic E-state index is 12.4. The molecule has 1 unspecified atom stereocenters. The lowest BCUT2D eigenvalue weighted by Crippen LogP contribution is -2.46. The molecule has 1 amide bonds. The Labute approximate surface area is 143 Å². The van der Waals surface area contributed by atoms with Crippen molar-refractivity contribution in [3.05, 3.63) is 29.3 Å². The molecule has 24 heavy (non-hydrogen) atoms. The minimum atomic E-state index is 0.0559. The number of likely N-dealkylation sites (N-methyl/N-ethyl adjacent to an activating group) is 1. The Morgan fingerprint density at radius 1 is 1.33 bits per heavy atom. The summed E-state index contributed by atoms with van der Waals surface area (Å²) in [5.41, 5.74) is 2.07. The van der Waals surface area contributed by atoms with Crippen LogP contribution in [0.15, 0.2) is 18.2 Å². The predicted octanol–water partition coefficient (Wildman–Crippen LogP) is 2.20. The summed E-state index contributed by atoms with van der Waals surface area (Å²) in [6.07, 6.45) is 4.59. The van der Waals surface area contributed by atoms with Crippen molar-refractivity contribution in [1.82, 2.24) is 9.80 Å². The number of piperazine rings is 1. The Kier molecular flexibility index (Phi) is 5.09. The van der Waals surface area contributed by atoms with Crippen molar-refractivity contribution in [2.75, 3.05) is 39.8 Å². The SMILES string of the molecule is CCOc1cc2c(cc1C=CC(=O)N1CCN(C)CC1)OC(C)C2. The molecule has 5 heteroatoms. The monoisotopic (exact) mass is 330 g/mol. The average Bonchev–Trinajstić information content (AvgIpc) is 2.92. The van der Waals surface area contributed by atoms with Gasteiger partial charge in [0.2, 0.25) is 5.91 Å². The molecule has 2 aliphatic heterocycles. The van der Waals surface area contributed by atoms with Crippen LogP contribution in [-0.4, -0.2) is 61.6 Å². The highest BCUT2D eigenvalue weighted by Gasteiger charge is 2.22. The normalized spacial score (nSPS) is 21.0. The molecule has 1 saturated heterocycles. The first-order chi connectivity index (χ1) is 11.6. The Hall–Kier alpha value is -2.01. The molecule has 2 aliphatic rings. The third kappa shape index (κ3) is 3.73. The van der Waals surface area contributed by atoms with Crippen molar-refractivity contribution in [3.8, 4) is 11.5 Å². The fourth-order valence-corrected chi connectivity index (χ4v) is 3.16. The zero-order chi connectivity index (χ0) is 17.1. The minimum Gasteiger partial charge on any atom is -0.493 e. The van der Waals surface area contributed by atoms with E-state index in [4.69, 9.17) is 9.47 Å². The van der Waals surface area contributed by atoms with Crippen molar-refractivity contribution in [3.63, 3.8) is 0 Å². The van der Waals surface area contributed by atoms with Gasteiger partial charge in [0.15, 0.2) is 0 Å². The molecule has 1 fully saturated rings. The summed E-state index contributed by atoms with van der Waals surface area (Å²) >= 11 is 0. The van der Waals surface area contributed by atoms with E-state index in [0.29, 0.717) is 6.61 Å². The maximum absolute atomic E-state index is 12.4. The molecule has 5 nitrogen and oxygen atoms in total. The van der Waals surface area contributed by atoms with Gasteiger partial charge in [-0.2, -0.15) is 0 Å². The third-order valence-corrected chi connectivity index (χ3v) is 4.55. The van der Waals surface area contributed by atoms with Crippen molar-refractivity contribution >= 4 is 12.0 Å². The first kappa shape index (κ1) is 16.8. The lowest BCUT2D eigenvalue weighted by molar-refractivity contribution is -0.127. The second kappa shape index (κ2) is 7.26. The van der Waals surface area contributed by atoms with Crippen LogP contribution in [-0.2, 0) is 11.2 Å². The number of fused-ring (bicyclic) bond motifs is 1. The topological polar surface area (TPSA) is 42.0 Å². The van der Waals surface area contributed by atoms with Crippen LogP contribution in [0.25, 0.3) is 6.08 Å². The molecule has 0 N–H and O–H groups in total. The second-order valence-corrected chi connectivity index (χ2v) is 6.53. The zero-order valence-corrected chi connectivity index (χ0v) is 14.7. The zero-order valence-electron chi connectivity index (χ0n) is 14.7. The Morgan fingerprint density at radius 3 is 2.79 bits per heavy atom. The molecule has 1 aromatic carbocycles. The molecule has 1 atom stereocenters. The number of benzene rings is 1. The van der Waals surface area contributed by atoms with Gasteiger partial charge in [-0.3, -0.25) is 4.79 Å². The summed E-state index contributed by atoms with van der Waals surface area (Å²) < 4.78 is 11.6. The number of amides is 1. The van der Waals surface area contributed by atoms with Crippen LogP contribution < -0.4 is 9.47 Å². The predicted molar refractivity (Wildman–Crippen MR) is 94.5 cm³/mol. The van der Waals surface area contributed by atoms with Crippen LogP contribution in [0.1, 0.15) is 25.0 Å². The molecule has 0 spiro atoms. The van der Waals surface area contributed by atoms with Gasteiger partial charge < -0.3 is 19.3 Å². The molecule has 0 aromatic heterocycles. The summed E-state index contributed by atoms with van der Waals surface area (Å²) in [4.78, 5) is 16.5. The number of rotatable bonds is 4. The molecule has 130 valence electrons. The number of ether oxygens (including phenoxy) is 2. The van der Waals surface area contributed by atoms with E-state index in [-0.39, 0.29) is 12.0 Å². The quantitative estimate of drug-likeness (QED) is 0.794. The van der Waals surface area contributed by atoms with E-state index in [0.717, 1.165) is 49.7 Å². The average molecular weight is 330 g/mol. The summed E-state index contributed by atoms with van der Waals surface area (Å²) in [7, 11) is 2.08. The van der Waals surface area contributed by atoms with Crippen LogP contribution in [0.5, 0.6) is 11.5 Å². The first-order valence-electron chi connectivity index (χ1n) is 8.68. The van der Waals surface area contributed by atoms with Gasteiger partial charge in [0, 0.05) is 49.8 Å². The summed E-state index contributed by atoms with van der Waals surface area (Å²) in [6, 6.07) is 4.03. The van der Waals surface area contributed by atoms with E-state index in [1.54, 1.807) is 6.08 Å². The van der Waals surface area contributed by atoms with Gasteiger partial charge >= 0.3 is 0 Å². The van der Waals surface area contributed by atoms with Gasteiger partial charge in [0.25, 0.3) is 0 Å². The molecule has 0 bridgehead atoms. The number of carbonyl (C=O) groups excluding carboxylic acids is 1. The fourth-order valence-electron chi connectivity index (χ4n) is 3.16. The molecule has 2 heterocycles. The molecule has 1 aromatic rings. The van der Waals surface area contributed by atoms with E-state index in [9.17, 15) is 4.79 Å². The van der Waals surface area contributed by atoms with E-state index in [1.165, 1.54) is 5.56 Å².